The minimum absolute atomic E-state index is 0.181. The summed E-state index contributed by atoms with van der Waals surface area (Å²) in [6.07, 6.45) is -0.181. The van der Waals surface area contributed by atoms with E-state index in [1.165, 1.54) is 7.05 Å². The molecule has 1 atom stereocenters. The van der Waals surface area contributed by atoms with Crippen molar-refractivity contribution in [3.8, 4) is 0 Å². The summed E-state index contributed by atoms with van der Waals surface area (Å²) in [4.78, 5) is 21.4. The molecule has 0 aliphatic rings. The fourth-order valence-corrected chi connectivity index (χ4v) is 1.16. The van der Waals surface area contributed by atoms with E-state index in [0.29, 0.717) is 0 Å². The van der Waals surface area contributed by atoms with E-state index < -0.39 is 12.0 Å². The molecule has 0 radical (unpaired) electrons. The molecule has 6 heteroatoms. The van der Waals surface area contributed by atoms with Gasteiger partial charge in [-0.1, -0.05) is 0 Å². The van der Waals surface area contributed by atoms with Gasteiger partial charge in [-0.15, -0.1) is 0 Å². The molecule has 0 aliphatic carbocycles. The third-order valence-corrected chi connectivity index (χ3v) is 2.02. The first-order valence-electron chi connectivity index (χ1n) is 3.31. The van der Waals surface area contributed by atoms with E-state index >= 15 is 0 Å². The van der Waals surface area contributed by atoms with Gasteiger partial charge in [0.05, 0.1) is 6.42 Å². The lowest BCUT2D eigenvalue weighted by Gasteiger charge is -2.18. The average molecular weight is 286 g/mol. The lowest BCUT2D eigenvalue weighted by atomic mass is 10.2. The van der Waals surface area contributed by atoms with Gasteiger partial charge in [0.25, 0.3) is 0 Å². The number of hydrogen-bond donors (Lipinski definition) is 2. The highest BCUT2D eigenvalue weighted by atomic mass is 127. The van der Waals surface area contributed by atoms with Crippen molar-refractivity contribution in [1.82, 2.24) is 8.43 Å². The van der Waals surface area contributed by atoms with Crippen LogP contribution in [0.25, 0.3) is 0 Å². The molecular formula is C6H11IN2O3. The van der Waals surface area contributed by atoms with Crippen LogP contribution < -0.4 is 5.32 Å². The molecular weight excluding hydrogens is 275 g/mol. The summed E-state index contributed by atoms with van der Waals surface area (Å²) in [7, 11) is 3.14. The van der Waals surface area contributed by atoms with Crippen molar-refractivity contribution < 1.29 is 14.7 Å². The minimum Gasteiger partial charge on any atom is -0.481 e. The highest BCUT2D eigenvalue weighted by molar-refractivity contribution is 14.1. The maximum Gasteiger partial charge on any atom is 0.305 e. The van der Waals surface area contributed by atoms with Gasteiger partial charge >= 0.3 is 5.97 Å². The highest BCUT2D eigenvalue weighted by Gasteiger charge is 2.23. The molecule has 0 aliphatic heterocycles. The van der Waals surface area contributed by atoms with E-state index in [4.69, 9.17) is 5.11 Å². The monoisotopic (exact) mass is 286 g/mol. The summed E-state index contributed by atoms with van der Waals surface area (Å²) >= 11 is 1.89. The maximum absolute atomic E-state index is 11.1. The first kappa shape index (κ1) is 11.6. The van der Waals surface area contributed by atoms with E-state index in [2.05, 4.69) is 5.32 Å². The Morgan fingerprint density at radius 3 is 2.42 bits per heavy atom. The smallest absolute Gasteiger partial charge is 0.305 e. The number of carbonyl (C=O) groups excluding carboxylic acids is 1. The van der Waals surface area contributed by atoms with Crippen molar-refractivity contribution in [2.75, 3.05) is 14.1 Å². The molecule has 0 saturated heterocycles. The number of likely N-dealkylation sites (N-methyl/N-ethyl adjacent to an activating group) is 2. The molecule has 0 spiro atoms. The second kappa shape index (κ2) is 5.31. The van der Waals surface area contributed by atoms with Crippen LogP contribution >= 0.6 is 22.9 Å². The minimum atomic E-state index is -0.980. The van der Waals surface area contributed by atoms with Crippen LogP contribution in [0.15, 0.2) is 0 Å². The Morgan fingerprint density at radius 1 is 1.67 bits per heavy atom. The number of carboxylic acids is 1. The normalized spacial score (nSPS) is 12.7. The van der Waals surface area contributed by atoms with E-state index in [-0.39, 0.29) is 12.3 Å². The van der Waals surface area contributed by atoms with Crippen LogP contribution in [0.1, 0.15) is 6.42 Å². The molecule has 0 fully saturated rings. The van der Waals surface area contributed by atoms with Gasteiger partial charge in [0.2, 0.25) is 5.91 Å². The van der Waals surface area contributed by atoms with Gasteiger partial charge in [-0.05, 0) is 7.05 Å². The van der Waals surface area contributed by atoms with E-state index in [1.807, 2.05) is 22.9 Å². The summed E-state index contributed by atoms with van der Waals surface area (Å²) in [5, 5.41) is 10.9. The molecule has 0 aromatic heterocycles. The molecule has 0 rings (SSSR count). The number of carbonyl (C=O) groups is 2. The summed E-state index contributed by atoms with van der Waals surface area (Å²) in [5.41, 5.74) is 0. The lowest BCUT2D eigenvalue weighted by Crippen LogP contribution is -2.40. The van der Waals surface area contributed by atoms with Crippen molar-refractivity contribution in [3.05, 3.63) is 0 Å². The van der Waals surface area contributed by atoms with Gasteiger partial charge in [0.15, 0.2) is 0 Å². The number of rotatable bonds is 4. The zero-order valence-corrected chi connectivity index (χ0v) is 9.03. The molecule has 0 bridgehead atoms. The van der Waals surface area contributed by atoms with Gasteiger partial charge < -0.3 is 10.4 Å². The predicted octanol–water partition coefficient (Wildman–Crippen LogP) is -0.143. The van der Waals surface area contributed by atoms with Crippen molar-refractivity contribution in [2.45, 2.75) is 12.5 Å². The summed E-state index contributed by atoms with van der Waals surface area (Å²) in [6.45, 7) is 0. The molecule has 0 aromatic rings. The fourth-order valence-electron chi connectivity index (χ4n) is 0.712. The van der Waals surface area contributed by atoms with Crippen LogP contribution in [-0.4, -0.2) is 40.2 Å². The quantitative estimate of drug-likeness (QED) is 0.557. The summed E-state index contributed by atoms with van der Waals surface area (Å²) < 4.78 is 1.55. The van der Waals surface area contributed by atoms with E-state index in [9.17, 15) is 9.59 Å². The van der Waals surface area contributed by atoms with Crippen LogP contribution in [0.2, 0.25) is 0 Å². The lowest BCUT2D eigenvalue weighted by molar-refractivity contribution is -0.140. The zero-order valence-electron chi connectivity index (χ0n) is 6.87. The number of amides is 1. The van der Waals surface area contributed by atoms with Gasteiger partial charge in [-0.2, -0.15) is 0 Å². The molecule has 0 aromatic carbocycles. The van der Waals surface area contributed by atoms with Crippen LogP contribution in [-0.2, 0) is 9.59 Å². The second-order valence-corrected chi connectivity index (χ2v) is 3.77. The number of nitrogens with zero attached hydrogens (tertiary/aromatic N) is 1. The number of nitrogens with one attached hydrogen (secondary N) is 1. The molecule has 70 valence electrons. The molecule has 0 unspecified atom stereocenters. The third kappa shape index (κ3) is 3.86. The first-order valence-corrected chi connectivity index (χ1v) is 4.27. The Morgan fingerprint density at radius 2 is 2.17 bits per heavy atom. The molecule has 1 amide bonds. The summed E-state index contributed by atoms with van der Waals surface area (Å²) in [6, 6.07) is -0.604. The third-order valence-electron chi connectivity index (χ3n) is 1.35. The molecule has 0 saturated carbocycles. The topological polar surface area (TPSA) is 69.6 Å². The maximum atomic E-state index is 11.1. The van der Waals surface area contributed by atoms with Gasteiger partial charge in [-0.3, -0.25) is 9.59 Å². The molecule has 0 heterocycles. The van der Waals surface area contributed by atoms with E-state index in [0.717, 1.165) is 0 Å². The molecule has 2 N–H and O–H groups in total. The Bertz CT molecular complexity index is 184. The summed E-state index contributed by atoms with van der Waals surface area (Å²) in [5.74, 6) is -1.26. The Balaban J connectivity index is 4.23. The standard InChI is InChI=1S/C6H11IN2O3/c1-8-6(12)4(9(2)7)3-5(10)11/h4H,3H2,1-2H3,(H,8,12)(H,10,11)/t4-/m1/s1. The van der Waals surface area contributed by atoms with Crippen LogP contribution in [0.4, 0.5) is 0 Å². The van der Waals surface area contributed by atoms with Crippen molar-refractivity contribution >= 4 is 34.7 Å². The average Bonchev–Trinajstić information content (AvgIpc) is 1.98. The molecule has 5 nitrogen and oxygen atoms in total. The largest absolute Gasteiger partial charge is 0.481 e. The van der Waals surface area contributed by atoms with E-state index in [1.54, 1.807) is 10.2 Å². The number of aliphatic carboxylic acids is 1. The van der Waals surface area contributed by atoms with Crippen molar-refractivity contribution in [3.63, 3.8) is 0 Å². The predicted molar refractivity (Wildman–Crippen MR) is 51.9 cm³/mol. The van der Waals surface area contributed by atoms with Gasteiger partial charge in [0, 0.05) is 29.9 Å². The van der Waals surface area contributed by atoms with Gasteiger partial charge in [-0.25, -0.2) is 3.11 Å². The number of halogens is 1. The van der Waals surface area contributed by atoms with Crippen molar-refractivity contribution in [1.29, 1.82) is 0 Å². The van der Waals surface area contributed by atoms with Crippen molar-refractivity contribution in [2.24, 2.45) is 0 Å². The van der Waals surface area contributed by atoms with Crippen LogP contribution in [0.3, 0.4) is 0 Å². The van der Waals surface area contributed by atoms with Crippen LogP contribution in [0, 0.1) is 0 Å². The van der Waals surface area contributed by atoms with Crippen LogP contribution in [0.5, 0.6) is 0 Å². The Hall–Kier alpha value is -0.370. The number of hydrogen-bond acceptors (Lipinski definition) is 3. The second-order valence-electron chi connectivity index (χ2n) is 2.25. The first-order chi connectivity index (χ1) is 5.49. The highest BCUT2D eigenvalue weighted by Crippen LogP contribution is 2.07. The SMILES string of the molecule is CNC(=O)[C@@H](CC(=O)O)N(C)I. The fraction of sp³-hybridized carbons (Fsp3) is 0.667. The Kier molecular flexibility index (Phi) is 5.14. The Labute approximate surface area is 84.6 Å². The number of carboxylic acid groups (broad SMARTS) is 1. The zero-order chi connectivity index (χ0) is 9.72. The van der Waals surface area contributed by atoms with Gasteiger partial charge in [0.1, 0.15) is 6.04 Å². The molecule has 12 heavy (non-hydrogen) atoms.